The molecular weight excluding hydrogens is 254 g/mol. The molecule has 1 unspecified atom stereocenters. The van der Waals surface area contributed by atoms with E-state index in [2.05, 4.69) is 52.7 Å². The summed E-state index contributed by atoms with van der Waals surface area (Å²) in [5, 5.41) is 8.05. The smallest absolute Gasteiger partial charge is 0.0965 e. The predicted molar refractivity (Wildman–Crippen MR) is 80.5 cm³/mol. The number of para-hydroxylation sites is 1. The van der Waals surface area contributed by atoms with E-state index in [1.165, 1.54) is 21.5 Å². The number of fused-ring (bicyclic) bond motifs is 1. The number of aromatic nitrogens is 2. The molecule has 3 nitrogen and oxygen atoms in total. The molecule has 2 aromatic heterocycles. The van der Waals surface area contributed by atoms with Gasteiger partial charge in [-0.15, -0.1) is 11.3 Å². The molecule has 2 N–H and O–H groups in total. The van der Waals surface area contributed by atoms with E-state index >= 15 is 0 Å². The van der Waals surface area contributed by atoms with E-state index in [-0.39, 0.29) is 0 Å². The third-order valence-corrected chi connectivity index (χ3v) is 4.32. The second-order valence-corrected chi connectivity index (χ2v) is 5.69. The van der Waals surface area contributed by atoms with Crippen molar-refractivity contribution in [1.82, 2.24) is 15.3 Å². The van der Waals surface area contributed by atoms with Crippen molar-refractivity contribution in [3.63, 3.8) is 0 Å². The highest BCUT2D eigenvalue weighted by Gasteiger charge is 2.08. The first-order valence-corrected chi connectivity index (χ1v) is 7.37. The third kappa shape index (κ3) is 2.69. The fraction of sp³-hybridized carbons (Fsp3) is 0.267. The summed E-state index contributed by atoms with van der Waals surface area (Å²) in [5.41, 5.74) is 2.52. The van der Waals surface area contributed by atoms with Gasteiger partial charge < -0.3 is 10.3 Å². The number of benzene rings is 1. The van der Waals surface area contributed by atoms with E-state index in [0.717, 1.165) is 13.1 Å². The topological polar surface area (TPSA) is 40.7 Å². The highest BCUT2D eigenvalue weighted by atomic mass is 32.1. The summed E-state index contributed by atoms with van der Waals surface area (Å²) in [6.07, 6.45) is 3.96. The SMILES string of the molecule is CC(CNCc1c[nH]c2ccccc12)c1nccs1. The van der Waals surface area contributed by atoms with E-state index in [9.17, 15) is 0 Å². The van der Waals surface area contributed by atoms with Crippen LogP contribution < -0.4 is 5.32 Å². The zero-order valence-corrected chi connectivity index (χ0v) is 11.7. The van der Waals surface area contributed by atoms with Crippen LogP contribution in [0.4, 0.5) is 0 Å². The molecular formula is C15H17N3S. The average Bonchev–Trinajstić information content (AvgIpc) is 3.08. The number of rotatable bonds is 5. The van der Waals surface area contributed by atoms with Gasteiger partial charge >= 0.3 is 0 Å². The van der Waals surface area contributed by atoms with E-state index in [4.69, 9.17) is 0 Å². The van der Waals surface area contributed by atoms with Crippen molar-refractivity contribution in [2.45, 2.75) is 19.4 Å². The van der Waals surface area contributed by atoms with Gasteiger partial charge in [-0.1, -0.05) is 25.1 Å². The molecule has 3 rings (SSSR count). The van der Waals surface area contributed by atoms with Crippen LogP contribution in [0.5, 0.6) is 0 Å². The van der Waals surface area contributed by atoms with E-state index in [1.54, 1.807) is 11.3 Å². The number of nitrogens with zero attached hydrogens (tertiary/aromatic N) is 1. The van der Waals surface area contributed by atoms with Crippen molar-refractivity contribution < 1.29 is 0 Å². The van der Waals surface area contributed by atoms with Gasteiger partial charge in [-0.2, -0.15) is 0 Å². The molecule has 0 saturated carbocycles. The average molecular weight is 271 g/mol. The van der Waals surface area contributed by atoms with Crippen LogP contribution in [0.3, 0.4) is 0 Å². The van der Waals surface area contributed by atoms with Gasteiger partial charge in [0.25, 0.3) is 0 Å². The van der Waals surface area contributed by atoms with Crippen LogP contribution in [-0.4, -0.2) is 16.5 Å². The second-order valence-electron chi connectivity index (χ2n) is 4.76. The molecule has 0 aliphatic heterocycles. The molecule has 0 saturated heterocycles. The van der Waals surface area contributed by atoms with Gasteiger partial charge in [0.1, 0.15) is 0 Å². The second kappa shape index (κ2) is 5.55. The molecule has 3 aromatic rings. The largest absolute Gasteiger partial charge is 0.361 e. The van der Waals surface area contributed by atoms with Gasteiger partial charge in [0.05, 0.1) is 5.01 Å². The summed E-state index contributed by atoms with van der Waals surface area (Å²) in [4.78, 5) is 7.66. The van der Waals surface area contributed by atoms with Crippen LogP contribution in [0.25, 0.3) is 10.9 Å². The maximum Gasteiger partial charge on any atom is 0.0965 e. The summed E-state index contributed by atoms with van der Waals surface area (Å²) < 4.78 is 0. The minimum absolute atomic E-state index is 0.463. The molecule has 0 radical (unpaired) electrons. The number of hydrogen-bond acceptors (Lipinski definition) is 3. The summed E-state index contributed by atoms with van der Waals surface area (Å²) in [7, 11) is 0. The van der Waals surface area contributed by atoms with Crippen molar-refractivity contribution >= 4 is 22.2 Å². The monoisotopic (exact) mass is 271 g/mol. The van der Waals surface area contributed by atoms with Crippen LogP contribution in [0.2, 0.25) is 0 Å². The first-order chi connectivity index (χ1) is 9.34. The summed E-state index contributed by atoms with van der Waals surface area (Å²) in [6, 6.07) is 8.41. The first kappa shape index (κ1) is 12.4. The fourth-order valence-electron chi connectivity index (χ4n) is 2.27. The van der Waals surface area contributed by atoms with Crippen LogP contribution in [0.15, 0.2) is 42.0 Å². The molecule has 1 atom stereocenters. The lowest BCUT2D eigenvalue weighted by molar-refractivity contribution is 0.614. The summed E-state index contributed by atoms with van der Waals surface area (Å²) >= 11 is 1.72. The van der Waals surface area contributed by atoms with Crippen molar-refractivity contribution in [3.05, 3.63) is 52.6 Å². The molecule has 4 heteroatoms. The maximum absolute atomic E-state index is 4.35. The Labute approximate surface area is 116 Å². The highest BCUT2D eigenvalue weighted by Crippen LogP contribution is 2.19. The highest BCUT2D eigenvalue weighted by molar-refractivity contribution is 7.09. The van der Waals surface area contributed by atoms with Crippen molar-refractivity contribution in [1.29, 1.82) is 0 Å². The molecule has 0 amide bonds. The lowest BCUT2D eigenvalue weighted by atomic mass is 10.1. The minimum atomic E-state index is 0.463. The van der Waals surface area contributed by atoms with Crippen LogP contribution in [0, 0.1) is 0 Å². The number of thiazole rings is 1. The van der Waals surface area contributed by atoms with Crippen molar-refractivity contribution in [2.75, 3.05) is 6.54 Å². The summed E-state index contributed by atoms with van der Waals surface area (Å²) in [6.45, 7) is 4.05. The molecule has 0 spiro atoms. The minimum Gasteiger partial charge on any atom is -0.361 e. The van der Waals surface area contributed by atoms with Crippen molar-refractivity contribution in [3.8, 4) is 0 Å². The lowest BCUT2D eigenvalue weighted by Crippen LogP contribution is -2.19. The molecule has 1 aromatic carbocycles. The fourth-order valence-corrected chi connectivity index (χ4v) is 2.96. The Morgan fingerprint density at radius 2 is 2.26 bits per heavy atom. The Bertz CT molecular complexity index is 642. The Kier molecular flexibility index (Phi) is 3.62. The van der Waals surface area contributed by atoms with E-state index in [1.807, 2.05) is 11.6 Å². The molecule has 0 aliphatic rings. The molecule has 19 heavy (non-hydrogen) atoms. The van der Waals surface area contributed by atoms with Gasteiger partial charge in [0.15, 0.2) is 0 Å². The Morgan fingerprint density at radius 3 is 3.11 bits per heavy atom. The Hall–Kier alpha value is -1.65. The van der Waals surface area contributed by atoms with Gasteiger partial charge in [-0.25, -0.2) is 4.98 Å². The lowest BCUT2D eigenvalue weighted by Gasteiger charge is -2.09. The van der Waals surface area contributed by atoms with E-state index < -0.39 is 0 Å². The van der Waals surface area contributed by atoms with Gasteiger partial charge in [-0.3, -0.25) is 0 Å². The van der Waals surface area contributed by atoms with E-state index in [0.29, 0.717) is 5.92 Å². The third-order valence-electron chi connectivity index (χ3n) is 3.31. The van der Waals surface area contributed by atoms with Crippen LogP contribution in [-0.2, 0) is 6.54 Å². The Balaban J connectivity index is 1.61. The van der Waals surface area contributed by atoms with Crippen molar-refractivity contribution in [2.24, 2.45) is 0 Å². The standard InChI is InChI=1S/C15H17N3S/c1-11(15-17-6-7-19-15)8-16-9-12-10-18-14-5-3-2-4-13(12)14/h2-7,10-11,16,18H,8-9H2,1H3. The molecule has 98 valence electrons. The number of nitrogens with one attached hydrogen (secondary N) is 2. The van der Waals surface area contributed by atoms with Gasteiger partial charge in [0.2, 0.25) is 0 Å². The molecule has 0 fully saturated rings. The molecule has 0 aliphatic carbocycles. The zero-order valence-electron chi connectivity index (χ0n) is 10.9. The summed E-state index contributed by atoms with van der Waals surface area (Å²) in [5.74, 6) is 0.463. The number of H-pyrrole nitrogens is 1. The predicted octanol–water partition coefficient (Wildman–Crippen LogP) is 3.52. The van der Waals surface area contributed by atoms with Crippen LogP contribution in [0.1, 0.15) is 23.4 Å². The van der Waals surface area contributed by atoms with Gasteiger partial charge in [-0.05, 0) is 11.6 Å². The normalized spacial score (nSPS) is 12.9. The zero-order chi connectivity index (χ0) is 13.1. The van der Waals surface area contributed by atoms with Gasteiger partial charge in [0, 0.05) is 47.7 Å². The maximum atomic E-state index is 4.35. The Morgan fingerprint density at radius 1 is 1.37 bits per heavy atom. The molecule has 0 bridgehead atoms. The quantitative estimate of drug-likeness (QED) is 0.745. The van der Waals surface area contributed by atoms with Crippen LogP contribution >= 0.6 is 11.3 Å². The molecule has 2 heterocycles. The number of hydrogen-bond donors (Lipinski definition) is 2. The number of aromatic amines is 1. The first-order valence-electron chi connectivity index (χ1n) is 6.49.